The number of anilines is 1. The van der Waals surface area contributed by atoms with E-state index in [1.165, 1.54) is 14.0 Å². The number of rotatable bonds is 3. The van der Waals surface area contributed by atoms with Crippen molar-refractivity contribution in [2.24, 2.45) is 0 Å². The summed E-state index contributed by atoms with van der Waals surface area (Å²) in [5.41, 5.74) is 8.10. The molecule has 0 aliphatic rings. The molecule has 5 nitrogen and oxygen atoms in total. The van der Waals surface area contributed by atoms with Gasteiger partial charge in [-0.25, -0.2) is 4.79 Å². The minimum atomic E-state index is -0.434. The molecule has 1 aromatic carbocycles. The number of amides is 1. The second-order valence-corrected chi connectivity index (χ2v) is 4.26. The fraction of sp³-hybridized carbons (Fsp3) is 0.333. The molecular formula is C15H18N2O3. The molecule has 0 bridgehead atoms. The van der Waals surface area contributed by atoms with E-state index in [9.17, 15) is 9.59 Å². The minimum Gasteiger partial charge on any atom is -0.465 e. The Kier molecular flexibility index (Phi) is 5.60. The van der Waals surface area contributed by atoms with Gasteiger partial charge in [-0.05, 0) is 24.6 Å². The maximum Gasteiger partial charge on any atom is 0.338 e. The Hall–Kier alpha value is -2.48. The van der Waals surface area contributed by atoms with Crippen molar-refractivity contribution in [2.75, 3.05) is 19.4 Å². The minimum absolute atomic E-state index is 0.0839. The lowest BCUT2D eigenvalue weighted by Crippen LogP contribution is -2.20. The summed E-state index contributed by atoms with van der Waals surface area (Å²) >= 11 is 0. The summed E-state index contributed by atoms with van der Waals surface area (Å²) < 4.78 is 4.71. The van der Waals surface area contributed by atoms with Crippen molar-refractivity contribution in [3.05, 3.63) is 28.8 Å². The second-order valence-electron chi connectivity index (χ2n) is 4.26. The zero-order chi connectivity index (χ0) is 15.1. The number of carbonyl (C=O) groups is 2. The highest BCUT2D eigenvalue weighted by molar-refractivity contribution is 5.93. The predicted molar refractivity (Wildman–Crippen MR) is 77.1 cm³/mol. The van der Waals surface area contributed by atoms with E-state index in [0.717, 1.165) is 0 Å². The Labute approximate surface area is 118 Å². The number of nitrogen functional groups attached to an aromatic ring is 1. The van der Waals surface area contributed by atoms with Crippen molar-refractivity contribution in [3.8, 4) is 11.8 Å². The third-order valence-electron chi connectivity index (χ3n) is 2.71. The van der Waals surface area contributed by atoms with Crippen LogP contribution in [0.1, 0.15) is 34.8 Å². The van der Waals surface area contributed by atoms with E-state index < -0.39 is 5.97 Å². The maximum atomic E-state index is 11.6. The molecule has 0 aromatic heterocycles. The first-order valence-electron chi connectivity index (χ1n) is 6.17. The van der Waals surface area contributed by atoms with Crippen LogP contribution in [0.2, 0.25) is 0 Å². The van der Waals surface area contributed by atoms with Crippen LogP contribution in [0.5, 0.6) is 0 Å². The number of nitrogens with two attached hydrogens (primary N) is 1. The van der Waals surface area contributed by atoms with E-state index in [4.69, 9.17) is 10.5 Å². The van der Waals surface area contributed by atoms with Crippen molar-refractivity contribution in [3.63, 3.8) is 0 Å². The number of methoxy groups -OCH3 is 1. The summed E-state index contributed by atoms with van der Waals surface area (Å²) in [4.78, 5) is 22.3. The van der Waals surface area contributed by atoms with Gasteiger partial charge in [-0.3, -0.25) is 4.79 Å². The van der Waals surface area contributed by atoms with Gasteiger partial charge in [0.05, 0.1) is 12.7 Å². The lowest BCUT2D eigenvalue weighted by molar-refractivity contribution is -0.118. The second kappa shape index (κ2) is 7.19. The zero-order valence-electron chi connectivity index (χ0n) is 11.9. The zero-order valence-corrected chi connectivity index (χ0v) is 11.9. The molecule has 0 radical (unpaired) electrons. The molecule has 0 atom stereocenters. The molecule has 20 heavy (non-hydrogen) atoms. The summed E-state index contributed by atoms with van der Waals surface area (Å²) in [5.74, 6) is 5.31. The van der Waals surface area contributed by atoms with Crippen LogP contribution in [0.4, 0.5) is 5.69 Å². The van der Waals surface area contributed by atoms with Gasteiger partial charge in [-0.2, -0.15) is 0 Å². The normalized spacial score (nSPS) is 9.35. The Bertz CT molecular complexity index is 583. The molecule has 3 N–H and O–H groups in total. The standard InChI is InChI=1S/C15H18N2O3/c1-10-13(15(19)20-3)8-12(9-14(10)16)6-4-5-7-17-11(2)18/h8-9H,5,7,16H2,1-3H3,(H,17,18). The van der Waals surface area contributed by atoms with Gasteiger partial charge in [-0.1, -0.05) is 11.8 Å². The van der Waals surface area contributed by atoms with E-state index >= 15 is 0 Å². The van der Waals surface area contributed by atoms with Crippen LogP contribution >= 0.6 is 0 Å². The van der Waals surface area contributed by atoms with Crippen LogP contribution in [-0.2, 0) is 9.53 Å². The average Bonchev–Trinajstić information content (AvgIpc) is 2.40. The molecule has 0 unspecified atom stereocenters. The lowest BCUT2D eigenvalue weighted by Gasteiger charge is -2.07. The smallest absolute Gasteiger partial charge is 0.338 e. The van der Waals surface area contributed by atoms with E-state index in [1.807, 2.05) is 0 Å². The first-order valence-corrected chi connectivity index (χ1v) is 6.17. The predicted octanol–water partition coefficient (Wildman–Crippen LogP) is 1.24. The monoisotopic (exact) mass is 274 g/mol. The van der Waals surface area contributed by atoms with Crippen LogP contribution in [0.15, 0.2) is 12.1 Å². The molecule has 5 heteroatoms. The molecule has 106 valence electrons. The van der Waals surface area contributed by atoms with Crippen molar-refractivity contribution in [2.45, 2.75) is 20.3 Å². The first-order chi connectivity index (χ1) is 9.45. The van der Waals surface area contributed by atoms with Gasteiger partial charge < -0.3 is 15.8 Å². The van der Waals surface area contributed by atoms with E-state index in [1.54, 1.807) is 19.1 Å². The summed E-state index contributed by atoms with van der Waals surface area (Å²) in [6, 6.07) is 3.37. The lowest BCUT2D eigenvalue weighted by atomic mass is 10.0. The molecule has 1 aromatic rings. The van der Waals surface area contributed by atoms with Gasteiger partial charge in [-0.15, -0.1) is 0 Å². The molecule has 1 rings (SSSR count). The van der Waals surface area contributed by atoms with Gasteiger partial charge in [0.2, 0.25) is 5.91 Å². The molecule has 0 aliphatic heterocycles. The number of nitrogens with one attached hydrogen (secondary N) is 1. The number of carbonyl (C=O) groups excluding carboxylic acids is 2. The highest BCUT2D eigenvalue weighted by Crippen LogP contribution is 2.19. The summed E-state index contributed by atoms with van der Waals surface area (Å²) in [5, 5.41) is 2.65. The van der Waals surface area contributed by atoms with Gasteiger partial charge in [0, 0.05) is 31.1 Å². The van der Waals surface area contributed by atoms with Crippen LogP contribution in [0.25, 0.3) is 0 Å². The van der Waals surface area contributed by atoms with Crippen LogP contribution in [0.3, 0.4) is 0 Å². The largest absolute Gasteiger partial charge is 0.465 e. The SMILES string of the molecule is COC(=O)c1cc(C#CCCNC(C)=O)cc(N)c1C. The third kappa shape index (κ3) is 4.32. The van der Waals surface area contributed by atoms with Crippen LogP contribution in [-0.4, -0.2) is 25.5 Å². The summed E-state index contributed by atoms with van der Waals surface area (Å²) in [6.45, 7) is 3.71. The fourth-order valence-electron chi connectivity index (χ4n) is 1.60. The van der Waals surface area contributed by atoms with Gasteiger partial charge in [0.15, 0.2) is 0 Å². The Balaban J connectivity index is 2.86. The number of ether oxygens (including phenoxy) is 1. The average molecular weight is 274 g/mol. The molecule has 0 heterocycles. The topological polar surface area (TPSA) is 81.4 Å². The Morgan fingerprint density at radius 1 is 1.40 bits per heavy atom. The highest BCUT2D eigenvalue weighted by atomic mass is 16.5. The third-order valence-corrected chi connectivity index (χ3v) is 2.71. The fourth-order valence-corrected chi connectivity index (χ4v) is 1.60. The van der Waals surface area contributed by atoms with Crippen molar-refractivity contribution >= 4 is 17.6 Å². The molecule has 1 amide bonds. The Morgan fingerprint density at radius 3 is 2.70 bits per heavy atom. The molecule has 0 spiro atoms. The molecule has 0 saturated heterocycles. The number of hydrogen-bond donors (Lipinski definition) is 2. The highest BCUT2D eigenvalue weighted by Gasteiger charge is 2.12. The molecule has 0 fully saturated rings. The van der Waals surface area contributed by atoms with Gasteiger partial charge in [0.1, 0.15) is 0 Å². The molecule has 0 saturated carbocycles. The van der Waals surface area contributed by atoms with Crippen molar-refractivity contribution in [1.29, 1.82) is 0 Å². The number of benzene rings is 1. The van der Waals surface area contributed by atoms with E-state index in [2.05, 4.69) is 17.2 Å². The molecule has 0 aliphatic carbocycles. The van der Waals surface area contributed by atoms with Crippen molar-refractivity contribution < 1.29 is 14.3 Å². The molecular weight excluding hydrogens is 256 g/mol. The summed E-state index contributed by atoms with van der Waals surface area (Å²) in [7, 11) is 1.32. The quantitative estimate of drug-likeness (QED) is 0.376. The van der Waals surface area contributed by atoms with Gasteiger partial charge in [0.25, 0.3) is 0 Å². The number of esters is 1. The van der Waals surface area contributed by atoms with Crippen LogP contribution in [0, 0.1) is 18.8 Å². The van der Waals surface area contributed by atoms with E-state index in [0.29, 0.717) is 35.3 Å². The van der Waals surface area contributed by atoms with Gasteiger partial charge >= 0.3 is 5.97 Å². The van der Waals surface area contributed by atoms with Crippen LogP contribution < -0.4 is 11.1 Å². The van der Waals surface area contributed by atoms with Crippen molar-refractivity contribution in [1.82, 2.24) is 5.32 Å². The Morgan fingerprint density at radius 2 is 2.10 bits per heavy atom. The maximum absolute atomic E-state index is 11.6. The van der Waals surface area contributed by atoms with E-state index in [-0.39, 0.29) is 5.91 Å². The number of hydrogen-bond acceptors (Lipinski definition) is 4. The summed E-state index contributed by atoms with van der Waals surface area (Å²) in [6.07, 6.45) is 0.529. The first kappa shape index (κ1) is 15.6.